The van der Waals surface area contributed by atoms with Gasteiger partial charge >= 0.3 is 12.4 Å². The Morgan fingerprint density at radius 3 is 1.95 bits per heavy atom. The Bertz CT molecular complexity index is 1390. The van der Waals surface area contributed by atoms with Gasteiger partial charge in [0.1, 0.15) is 11.8 Å². The Labute approximate surface area is 220 Å². The molecule has 1 aliphatic heterocycles. The van der Waals surface area contributed by atoms with Gasteiger partial charge in [0.15, 0.2) is 0 Å². The first-order chi connectivity index (χ1) is 18.0. The molecule has 0 aliphatic carbocycles. The predicted molar refractivity (Wildman–Crippen MR) is 130 cm³/mol. The highest BCUT2D eigenvalue weighted by Gasteiger charge is 2.45. The first-order valence-corrected chi connectivity index (χ1v) is 11.8. The number of alkyl halides is 6. The standard InChI is InChI=1S/C28H24F6N2O3/c1-26(2,3)35-24(38)23-19-9-10-20(37)21(16-7-5-4-6-8-16)22(19)25(39)36(23)14-15-11-17(27(29,30)31)13-18(12-15)28(32,33)34/h4-13,23,37H,14H2,1-3H3,(H,35,38). The van der Waals surface area contributed by atoms with E-state index in [1.165, 1.54) is 12.1 Å². The lowest BCUT2D eigenvalue weighted by atomic mass is 9.93. The highest BCUT2D eigenvalue weighted by molar-refractivity contribution is 6.10. The molecule has 4 rings (SSSR count). The van der Waals surface area contributed by atoms with Crippen LogP contribution in [0.25, 0.3) is 11.1 Å². The average Bonchev–Trinajstić information content (AvgIpc) is 3.08. The molecule has 39 heavy (non-hydrogen) atoms. The van der Waals surface area contributed by atoms with Crippen molar-refractivity contribution < 1.29 is 41.0 Å². The maximum Gasteiger partial charge on any atom is 0.416 e. The van der Waals surface area contributed by atoms with E-state index in [2.05, 4.69) is 5.32 Å². The first-order valence-electron chi connectivity index (χ1n) is 11.8. The summed E-state index contributed by atoms with van der Waals surface area (Å²) in [5, 5.41) is 13.4. The van der Waals surface area contributed by atoms with Crippen molar-refractivity contribution in [3.8, 4) is 16.9 Å². The number of benzene rings is 3. The summed E-state index contributed by atoms with van der Waals surface area (Å²) in [6, 6.07) is 10.6. The van der Waals surface area contributed by atoms with Crippen molar-refractivity contribution >= 4 is 11.8 Å². The molecule has 0 spiro atoms. The van der Waals surface area contributed by atoms with Crippen LogP contribution in [0.3, 0.4) is 0 Å². The number of nitrogens with zero attached hydrogens (tertiary/aromatic N) is 1. The third-order valence-corrected chi connectivity index (χ3v) is 6.11. The van der Waals surface area contributed by atoms with Crippen molar-refractivity contribution in [2.75, 3.05) is 0 Å². The second-order valence-electron chi connectivity index (χ2n) is 10.3. The maximum atomic E-state index is 13.8. The number of phenols is 1. The van der Waals surface area contributed by atoms with Gasteiger partial charge in [-0.1, -0.05) is 36.4 Å². The van der Waals surface area contributed by atoms with Gasteiger partial charge in [-0.2, -0.15) is 26.3 Å². The van der Waals surface area contributed by atoms with Crippen LogP contribution < -0.4 is 5.32 Å². The molecule has 1 aliphatic rings. The van der Waals surface area contributed by atoms with Gasteiger partial charge in [0.05, 0.1) is 16.7 Å². The van der Waals surface area contributed by atoms with E-state index in [1.807, 2.05) is 0 Å². The Kier molecular flexibility index (Phi) is 6.91. The maximum absolute atomic E-state index is 13.8. The number of rotatable bonds is 4. The lowest BCUT2D eigenvalue weighted by molar-refractivity contribution is -0.143. The van der Waals surface area contributed by atoms with E-state index in [4.69, 9.17) is 0 Å². The number of carbonyl (C=O) groups is 2. The molecule has 0 aromatic heterocycles. The first kappa shape index (κ1) is 28.0. The van der Waals surface area contributed by atoms with Gasteiger partial charge < -0.3 is 15.3 Å². The molecule has 0 radical (unpaired) electrons. The summed E-state index contributed by atoms with van der Waals surface area (Å²) in [5.41, 5.74) is -3.64. The Morgan fingerprint density at radius 1 is 0.872 bits per heavy atom. The molecule has 3 aromatic carbocycles. The fourth-order valence-corrected chi connectivity index (χ4v) is 4.58. The number of carbonyl (C=O) groups excluding carboxylic acids is 2. The van der Waals surface area contributed by atoms with E-state index in [0.717, 1.165) is 4.90 Å². The summed E-state index contributed by atoms with van der Waals surface area (Å²) in [5.74, 6) is -1.77. The predicted octanol–water partition coefficient (Wildman–Crippen LogP) is 6.71. The number of amides is 2. The third kappa shape index (κ3) is 5.71. The fourth-order valence-electron chi connectivity index (χ4n) is 4.58. The number of nitrogens with one attached hydrogen (secondary N) is 1. The molecule has 1 unspecified atom stereocenters. The molecule has 0 saturated heterocycles. The number of fused-ring (bicyclic) bond motifs is 1. The number of hydrogen-bond donors (Lipinski definition) is 2. The van der Waals surface area contributed by atoms with Crippen LogP contribution in [0.4, 0.5) is 26.3 Å². The van der Waals surface area contributed by atoms with E-state index in [9.17, 15) is 41.0 Å². The Balaban J connectivity index is 1.89. The van der Waals surface area contributed by atoms with Gasteiger partial charge in [0, 0.05) is 17.6 Å². The van der Waals surface area contributed by atoms with Crippen molar-refractivity contribution in [3.63, 3.8) is 0 Å². The van der Waals surface area contributed by atoms with Crippen LogP contribution in [0.1, 0.15) is 59.4 Å². The summed E-state index contributed by atoms with van der Waals surface area (Å²) in [6.45, 7) is 4.32. The molecule has 2 N–H and O–H groups in total. The van der Waals surface area contributed by atoms with Crippen molar-refractivity contribution in [1.29, 1.82) is 0 Å². The van der Waals surface area contributed by atoms with Gasteiger partial charge in [-0.3, -0.25) is 9.59 Å². The second-order valence-corrected chi connectivity index (χ2v) is 10.3. The summed E-state index contributed by atoms with van der Waals surface area (Å²) in [7, 11) is 0. The molecule has 206 valence electrons. The van der Waals surface area contributed by atoms with Crippen LogP contribution in [0, 0.1) is 0 Å². The van der Waals surface area contributed by atoms with Crippen LogP contribution >= 0.6 is 0 Å². The monoisotopic (exact) mass is 550 g/mol. The molecule has 1 heterocycles. The number of phenolic OH excluding ortho intramolecular Hbond substituents is 1. The lowest BCUT2D eigenvalue weighted by Crippen LogP contribution is -2.46. The second kappa shape index (κ2) is 9.62. The van der Waals surface area contributed by atoms with Crippen LogP contribution in [-0.2, 0) is 23.7 Å². The normalized spacial score (nSPS) is 15.9. The minimum atomic E-state index is -5.08. The van der Waals surface area contributed by atoms with E-state index in [0.29, 0.717) is 17.7 Å². The fraction of sp³-hybridized carbons (Fsp3) is 0.286. The zero-order chi connectivity index (χ0) is 28.9. The zero-order valence-corrected chi connectivity index (χ0v) is 21.0. The van der Waals surface area contributed by atoms with E-state index < -0.39 is 59.0 Å². The Hall–Kier alpha value is -4.02. The topological polar surface area (TPSA) is 69.6 Å². The molecule has 1 atom stereocenters. The highest BCUT2D eigenvalue weighted by atomic mass is 19.4. The number of hydrogen-bond acceptors (Lipinski definition) is 3. The van der Waals surface area contributed by atoms with E-state index in [1.54, 1.807) is 51.1 Å². The minimum Gasteiger partial charge on any atom is -0.507 e. The molecule has 2 amide bonds. The van der Waals surface area contributed by atoms with Crippen molar-refractivity contribution in [2.45, 2.75) is 51.2 Å². The van der Waals surface area contributed by atoms with Gasteiger partial charge in [0.2, 0.25) is 5.91 Å². The SMILES string of the molecule is CC(C)(C)NC(=O)C1c2ccc(O)c(-c3ccccc3)c2C(=O)N1Cc1cc(C(F)(F)F)cc(C(F)(F)F)c1. The third-order valence-electron chi connectivity index (χ3n) is 6.11. The molecule has 5 nitrogen and oxygen atoms in total. The summed E-state index contributed by atoms with van der Waals surface area (Å²) in [4.78, 5) is 28.1. The van der Waals surface area contributed by atoms with Crippen LogP contribution in [0.15, 0.2) is 60.7 Å². The number of aromatic hydroxyl groups is 1. The summed E-state index contributed by atoms with van der Waals surface area (Å²) in [6.07, 6.45) is -10.2. The summed E-state index contributed by atoms with van der Waals surface area (Å²) >= 11 is 0. The molecule has 11 heteroatoms. The van der Waals surface area contributed by atoms with Crippen LogP contribution in [0.5, 0.6) is 5.75 Å². The van der Waals surface area contributed by atoms with E-state index >= 15 is 0 Å². The van der Waals surface area contributed by atoms with Gasteiger partial charge in [0.25, 0.3) is 5.91 Å². The highest BCUT2D eigenvalue weighted by Crippen LogP contribution is 2.45. The van der Waals surface area contributed by atoms with Gasteiger partial charge in [-0.15, -0.1) is 0 Å². The van der Waals surface area contributed by atoms with Crippen molar-refractivity contribution in [1.82, 2.24) is 10.2 Å². The van der Waals surface area contributed by atoms with Crippen molar-refractivity contribution in [3.05, 3.63) is 88.5 Å². The molecule has 3 aromatic rings. The largest absolute Gasteiger partial charge is 0.507 e. The van der Waals surface area contributed by atoms with Crippen LogP contribution in [-0.4, -0.2) is 27.4 Å². The van der Waals surface area contributed by atoms with Crippen molar-refractivity contribution in [2.24, 2.45) is 0 Å². The lowest BCUT2D eigenvalue weighted by Gasteiger charge is -2.29. The minimum absolute atomic E-state index is 0.000602. The molecule has 0 fully saturated rings. The molecular formula is C28H24F6N2O3. The van der Waals surface area contributed by atoms with Crippen LogP contribution in [0.2, 0.25) is 0 Å². The average molecular weight is 550 g/mol. The Morgan fingerprint density at radius 2 is 1.44 bits per heavy atom. The summed E-state index contributed by atoms with van der Waals surface area (Å²) < 4.78 is 80.9. The van der Waals surface area contributed by atoms with Gasteiger partial charge in [-0.25, -0.2) is 0 Å². The van der Waals surface area contributed by atoms with E-state index in [-0.39, 0.29) is 28.5 Å². The smallest absolute Gasteiger partial charge is 0.416 e. The van der Waals surface area contributed by atoms with Gasteiger partial charge in [-0.05, 0) is 61.7 Å². The quantitative estimate of drug-likeness (QED) is 0.355. The molecule has 0 saturated carbocycles. The molecular weight excluding hydrogens is 526 g/mol. The number of halogens is 6. The zero-order valence-electron chi connectivity index (χ0n) is 21.0. The molecule has 0 bridgehead atoms.